The van der Waals surface area contributed by atoms with Crippen LogP contribution in [0.25, 0.3) is 0 Å². The summed E-state index contributed by atoms with van der Waals surface area (Å²) in [4.78, 5) is 0. The summed E-state index contributed by atoms with van der Waals surface area (Å²) in [7, 11) is 0. The van der Waals surface area contributed by atoms with Crippen LogP contribution < -0.4 is 5.73 Å². The summed E-state index contributed by atoms with van der Waals surface area (Å²) in [5, 5.41) is 0. The third kappa shape index (κ3) is 4.27. The standard InChI is InChI=1S/C13H19F2N/c1-2-3-4-5-11(16)8-10-6-7-12(14)13(15)9-10/h6-7,9,11H,2-5,8,16H2,1H3. The molecule has 1 aromatic rings. The van der Waals surface area contributed by atoms with Gasteiger partial charge >= 0.3 is 0 Å². The van der Waals surface area contributed by atoms with Gasteiger partial charge in [-0.05, 0) is 30.5 Å². The number of benzene rings is 1. The Morgan fingerprint density at radius 2 is 1.94 bits per heavy atom. The van der Waals surface area contributed by atoms with Gasteiger partial charge in [0.05, 0.1) is 0 Å². The van der Waals surface area contributed by atoms with Gasteiger partial charge in [-0.1, -0.05) is 32.3 Å². The van der Waals surface area contributed by atoms with Crippen molar-refractivity contribution in [2.24, 2.45) is 5.73 Å². The van der Waals surface area contributed by atoms with E-state index in [0.29, 0.717) is 6.42 Å². The third-order valence-electron chi connectivity index (χ3n) is 2.66. The summed E-state index contributed by atoms with van der Waals surface area (Å²) < 4.78 is 25.6. The number of unbranched alkanes of at least 4 members (excludes halogenated alkanes) is 2. The van der Waals surface area contributed by atoms with Crippen LogP contribution in [0.15, 0.2) is 18.2 Å². The van der Waals surface area contributed by atoms with Crippen molar-refractivity contribution in [3.05, 3.63) is 35.4 Å². The largest absolute Gasteiger partial charge is 0.327 e. The van der Waals surface area contributed by atoms with E-state index in [-0.39, 0.29) is 6.04 Å². The number of nitrogens with two attached hydrogens (primary N) is 1. The molecule has 1 unspecified atom stereocenters. The van der Waals surface area contributed by atoms with Gasteiger partial charge in [0.2, 0.25) is 0 Å². The molecule has 0 amide bonds. The zero-order valence-electron chi connectivity index (χ0n) is 9.68. The van der Waals surface area contributed by atoms with Crippen LogP contribution in [-0.2, 0) is 6.42 Å². The molecule has 0 heterocycles. The fourth-order valence-corrected chi connectivity index (χ4v) is 1.73. The Bertz CT molecular complexity index is 326. The molecule has 0 fully saturated rings. The van der Waals surface area contributed by atoms with Gasteiger partial charge in [0.1, 0.15) is 0 Å². The van der Waals surface area contributed by atoms with E-state index in [0.717, 1.165) is 30.9 Å². The van der Waals surface area contributed by atoms with Crippen LogP contribution in [0.4, 0.5) is 8.78 Å². The predicted molar refractivity (Wildman–Crippen MR) is 62.2 cm³/mol. The van der Waals surface area contributed by atoms with E-state index in [9.17, 15) is 8.78 Å². The van der Waals surface area contributed by atoms with Crippen molar-refractivity contribution in [1.82, 2.24) is 0 Å². The highest BCUT2D eigenvalue weighted by Gasteiger charge is 2.07. The van der Waals surface area contributed by atoms with E-state index in [1.54, 1.807) is 6.07 Å². The zero-order chi connectivity index (χ0) is 12.0. The van der Waals surface area contributed by atoms with Crippen LogP contribution in [0.2, 0.25) is 0 Å². The van der Waals surface area contributed by atoms with Gasteiger partial charge in [0.15, 0.2) is 11.6 Å². The van der Waals surface area contributed by atoms with Crippen molar-refractivity contribution < 1.29 is 8.78 Å². The normalized spacial score (nSPS) is 12.8. The molecule has 0 saturated heterocycles. The third-order valence-corrected chi connectivity index (χ3v) is 2.66. The van der Waals surface area contributed by atoms with E-state index in [2.05, 4.69) is 6.92 Å². The average Bonchev–Trinajstić information content (AvgIpc) is 2.24. The van der Waals surface area contributed by atoms with Crippen molar-refractivity contribution in [2.45, 2.75) is 45.1 Å². The zero-order valence-corrected chi connectivity index (χ0v) is 9.68. The molecule has 1 atom stereocenters. The molecule has 0 radical (unpaired) electrons. The molecule has 1 rings (SSSR count). The first-order chi connectivity index (χ1) is 7.63. The number of hydrogen-bond donors (Lipinski definition) is 1. The van der Waals surface area contributed by atoms with Crippen molar-refractivity contribution in [1.29, 1.82) is 0 Å². The Morgan fingerprint density at radius 3 is 2.56 bits per heavy atom. The van der Waals surface area contributed by atoms with Gasteiger partial charge in [-0.2, -0.15) is 0 Å². The quantitative estimate of drug-likeness (QED) is 0.740. The number of rotatable bonds is 6. The van der Waals surface area contributed by atoms with Gasteiger partial charge in [-0.15, -0.1) is 0 Å². The van der Waals surface area contributed by atoms with Gasteiger partial charge in [0.25, 0.3) is 0 Å². The first-order valence-electron chi connectivity index (χ1n) is 5.83. The van der Waals surface area contributed by atoms with Gasteiger partial charge < -0.3 is 5.73 Å². The number of hydrogen-bond acceptors (Lipinski definition) is 1. The Morgan fingerprint density at radius 1 is 1.19 bits per heavy atom. The summed E-state index contributed by atoms with van der Waals surface area (Å²) in [6.45, 7) is 2.14. The van der Waals surface area contributed by atoms with Crippen LogP contribution in [0.1, 0.15) is 38.2 Å². The Kier molecular flexibility index (Phi) is 5.39. The minimum absolute atomic E-state index is 0.0383. The lowest BCUT2D eigenvalue weighted by Crippen LogP contribution is -2.22. The molecule has 0 spiro atoms. The molecule has 0 aromatic heterocycles. The summed E-state index contributed by atoms with van der Waals surface area (Å²) in [6.07, 6.45) is 4.98. The molecule has 0 bridgehead atoms. The van der Waals surface area contributed by atoms with Gasteiger partial charge in [0, 0.05) is 6.04 Å². The number of halogens is 2. The second-order valence-corrected chi connectivity index (χ2v) is 4.21. The highest BCUT2D eigenvalue weighted by molar-refractivity contribution is 5.18. The molecule has 0 saturated carbocycles. The molecule has 0 aliphatic heterocycles. The summed E-state index contributed by atoms with van der Waals surface area (Å²) in [5.41, 5.74) is 6.68. The Hall–Kier alpha value is -0.960. The van der Waals surface area contributed by atoms with E-state index >= 15 is 0 Å². The molecule has 0 aliphatic rings. The Labute approximate surface area is 95.7 Å². The minimum Gasteiger partial charge on any atom is -0.327 e. The van der Waals surface area contributed by atoms with E-state index in [4.69, 9.17) is 5.73 Å². The van der Waals surface area contributed by atoms with Crippen molar-refractivity contribution >= 4 is 0 Å². The second-order valence-electron chi connectivity index (χ2n) is 4.21. The van der Waals surface area contributed by atoms with Crippen molar-refractivity contribution in [2.75, 3.05) is 0 Å². The van der Waals surface area contributed by atoms with Crippen LogP contribution in [0.3, 0.4) is 0 Å². The molecule has 1 nitrogen and oxygen atoms in total. The van der Waals surface area contributed by atoms with Crippen molar-refractivity contribution in [3.8, 4) is 0 Å². The maximum Gasteiger partial charge on any atom is 0.159 e. The summed E-state index contributed by atoms with van der Waals surface area (Å²) in [5.74, 6) is -1.60. The molecule has 3 heteroatoms. The summed E-state index contributed by atoms with van der Waals surface area (Å²) in [6, 6.07) is 4.02. The molecular weight excluding hydrogens is 208 g/mol. The average molecular weight is 227 g/mol. The molecule has 16 heavy (non-hydrogen) atoms. The highest BCUT2D eigenvalue weighted by atomic mass is 19.2. The maximum absolute atomic E-state index is 12.9. The lowest BCUT2D eigenvalue weighted by Gasteiger charge is -2.11. The molecule has 1 aromatic carbocycles. The molecule has 2 N–H and O–H groups in total. The topological polar surface area (TPSA) is 26.0 Å². The fraction of sp³-hybridized carbons (Fsp3) is 0.538. The molecular formula is C13H19F2N. The van der Waals surface area contributed by atoms with Crippen LogP contribution in [-0.4, -0.2) is 6.04 Å². The smallest absolute Gasteiger partial charge is 0.159 e. The lowest BCUT2D eigenvalue weighted by molar-refractivity contribution is 0.504. The Balaban J connectivity index is 2.43. The minimum atomic E-state index is -0.802. The molecule has 0 aliphatic carbocycles. The second kappa shape index (κ2) is 6.59. The van der Waals surface area contributed by atoms with E-state index < -0.39 is 11.6 Å². The SMILES string of the molecule is CCCCCC(N)Cc1ccc(F)c(F)c1. The van der Waals surface area contributed by atoms with Crippen LogP contribution in [0, 0.1) is 11.6 Å². The van der Waals surface area contributed by atoms with Crippen LogP contribution >= 0.6 is 0 Å². The van der Waals surface area contributed by atoms with Gasteiger partial charge in [-0.3, -0.25) is 0 Å². The fourth-order valence-electron chi connectivity index (χ4n) is 1.73. The first-order valence-corrected chi connectivity index (χ1v) is 5.83. The first kappa shape index (κ1) is 13.1. The predicted octanol–water partition coefficient (Wildman–Crippen LogP) is 3.41. The highest BCUT2D eigenvalue weighted by Crippen LogP contribution is 2.12. The van der Waals surface area contributed by atoms with Crippen molar-refractivity contribution in [3.63, 3.8) is 0 Å². The monoisotopic (exact) mass is 227 g/mol. The van der Waals surface area contributed by atoms with E-state index in [1.807, 2.05) is 0 Å². The maximum atomic E-state index is 12.9. The van der Waals surface area contributed by atoms with Crippen LogP contribution in [0.5, 0.6) is 0 Å². The van der Waals surface area contributed by atoms with Gasteiger partial charge in [-0.25, -0.2) is 8.78 Å². The molecule has 90 valence electrons. The summed E-state index contributed by atoms with van der Waals surface area (Å²) >= 11 is 0. The van der Waals surface area contributed by atoms with E-state index in [1.165, 1.54) is 12.5 Å². The lowest BCUT2D eigenvalue weighted by atomic mass is 10.0.